The first-order chi connectivity index (χ1) is 12.7. The molecule has 0 fully saturated rings. The standard InChI is InChI=1S/C19H15FN4OS/c20-15-9-5-4-8-14(15)16(12-13-6-2-1-3-7-13)22-18-23-24-17(25)10-11-21-19(24)26-18/h1-11,16H,12H2,(H,22,23). The number of anilines is 1. The summed E-state index contributed by atoms with van der Waals surface area (Å²) in [4.78, 5) is 16.5. The third-order valence-electron chi connectivity index (χ3n) is 4.03. The second-order valence-corrected chi connectivity index (χ2v) is 6.75. The van der Waals surface area contributed by atoms with Crippen LogP contribution >= 0.6 is 11.3 Å². The lowest BCUT2D eigenvalue weighted by Crippen LogP contribution is -2.16. The Morgan fingerprint density at radius 1 is 1.08 bits per heavy atom. The zero-order valence-corrected chi connectivity index (χ0v) is 14.5. The van der Waals surface area contributed by atoms with Gasteiger partial charge in [-0.1, -0.05) is 59.9 Å². The fourth-order valence-corrected chi connectivity index (χ4v) is 3.62. The number of rotatable bonds is 5. The smallest absolute Gasteiger partial charge is 0.275 e. The lowest BCUT2D eigenvalue weighted by molar-refractivity contribution is 0.590. The van der Waals surface area contributed by atoms with Crippen LogP contribution in [0, 0.1) is 5.82 Å². The third-order valence-corrected chi connectivity index (χ3v) is 4.89. The summed E-state index contributed by atoms with van der Waals surface area (Å²) in [5.41, 5.74) is 1.38. The topological polar surface area (TPSA) is 59.3 Å². The van der Waals surface area contributed by atoms with Gasteiger partial charge in [0.15, 0.2) is 0 Å². The molecule has 1 unspecified atom stereocenters. The lowest BCUT2D eigenvalue weighted by Gasteiger charge is -2.19. The number of nitrogens with one attached hydrogen (secondary N) is 1. The summed E-state index contributed by atoms with van der Waals surface area (Å²) < 4.78 is 15.6. The first-order valence-corrected chi connectivity index (χ1v) is 8.92. The fraction of sp³-hybridized carbons (Fsp3) is 0.105. The lowest BCUT2D eigenvalue weighted by atomic mass is 9.98. The van der Waals surface area contributed by atoms with E-state index in [-0.39, 0.29) is 17.4 Å². The predicted molar refractivity (Wildman–Crippen MR) is 100 cm³/mol. The Morgan fingerprint density at radius 3 is 2.62 bits per heavy atom. The maximum atomic E-state index is 14.4. The molecule has 7 heteroatoms. The zero-order chi connectivity index (χ0) is 17.9. The molecular weight excluding hydrogens is 351 g/mol. The van der Waals surface area contributed by atoms with Crippen molar-refractivity contribution in [3.05, 3.63) is 94.2 Å². The van der Waals surface area contributed by atoms with E-state index in [9.17, 15) is 9.18 Å². The molecular formula is C19H15FN4OS. The van der Waals surface area contributed by atoms with Crippen LogP contribution in [0.5, 0.6) is 0 Å². The van der Waals surface area contributed by atoms with Gasteiger partial charge in [-0.25, -0.2) is 9.37 Å². The molecule has 1 atom stereocenters. The van der Waals surface area contributed by atoms with Gasteiger partial charge in [-0.15, -0.1) is 5.10 Å². The quantitative estimate of drug-likeness (QED) is 0.585. The van der Waals surface area contributed by atoms with Gasteiger partial charge in [-0.05, 0) is 18.1 Å². The van der Waals surface area contributed by atoms with Gasteiger partial charge in [0.1, 0.15) is 5.82 Å². The fourth-order valence-electron chi connectivity index (χ4n) is 2.80. The minimum atomic E-state index is -0.324. The molecule has 0 aliphatic heterocycles. The number of hydrogen-bond donors (Lipinski definition) is 1. The van der Waals surface area contributed by atoms with Crippen LogP contribution in [0.3, 0.4) is 0 Å². The molecule has 0 aliphatic carbocycles. The summed E-state index contributed by atoms with van der Waals surface area (Å²) in [5.74, 6) is -0.280. The molecule has 4 rings (SSSR count). The molecule has 5 nitrogen and oxygen atoms in total. The normalized spacial score (nSPS) is 12.2. The Morgan fingerprint density at radius 2 is 1.85 bits per heavy atom. The van der Waals surface area contributed by atoms with E-state index in [1.54, 1.807) is 12.1 Å². The van der Waals surface area contributed by atoms with Crippen molar-refractivity contribution in [2.24, 2.45) is 0 Å². The highest BCUT2D eigenvalue weighted by molar-refractivity contribution is 7.20. The predicted octanol–water partition coefficient (Wildman–Crippen LogP) is 3.69. The molecule has 0 amide bonds. The largest absolute Gasteiger partial charge is 0.353 e. The average molecular weight is 366 g/mol. The van der Waals surface area contributed by atoms with Gasteiger partial charge >= 0.3 is 0 Å². The van der Waals surface area contributed by atoms with Crippen LogP contribution in [0.1, 0.15) is 17.2 Å². The summed E-state index contributed by atoms with van der Waals surface area (Å²) in [6.45, 7) is 0. The molecule has 0 spiro atoms. The average Bonchev–Trinajstić information content (AvgIpc) is 3.07. The van der Waals surface area contributed by atoms with E-state index < -0.39 is 0 Å². The maximum Gasteiger partial charge on any atom is 0.275 e. The zero-order valence-electron chi connectivity index (χ0n) is 13.7. The van der Waals surface area contributed by atoms with Gasteiger partial charge in [-0.3, -0.25) is 4.79 Å². The van der Waals surface area contributed by atoms with Crippen LogP contribution in [0.25, 0.3) is 4.96 Å². The second kappa shape index (κ2) is 7.05. The molecule has 0 saturated heterocycles. The van der Waals surface area contributed by atoms with Crippen LogP contribution in [0.15, 0.2) is 71.7 Å². The van der Waals surface area contributed by atoms with Crippen LogP contribution in [0.2, 0.25) is 0 Å². The molecule has 0 bridgehead atoms. The summed E-state index contributed by atoms with van der Waals surface area (Å²) >= 11 is 1.26. The van der Waals surface area contributed by atoms with Crippen molar-refractivity contribution in [3.63, 3.8) is 0 Å². The first kappa shape index (κ1) is 16.4. The van der Waals surface area contributed by atoms with Crippen LogP contribution < -0.4 is 10.9 Å². The molecule has 2 aromatic carbocycles. The molecule has 0 aliphatic rings. The number of halogens is 1. The first-order valence-electron chi connectivity index (χ1n) is 8.10. The van der Waals surface area contributed by atoms with Crippen molar-refractivity contribution in [1.29, 1.82) is 0 Å². The molecule has 4 aromatic rings. The third kappa shape index (κ3) is 3.34. The Hall–Kier alpha value is -3.06. The van der Waals surface area contributed by atoms with Crippen molar-refractivity contribution < 1.29 is 4.39 Å². The minimum absolute atomic E-state index is 0.246. The number of fused-ring (bicyclic) bond motifs is 1. The summed E-state index contributed by atoms with van der Waals surface area (Å²) in [6, 6.07) is 17.6. The van der Waals surface area contributed by atoms with E-state index in [1.165, 1.54) is 34.2 Å². The van der Waals surface area contributed by atoms with Gasteiger partial charge < -0.3 is 5.32 Å². The van der Waals surface area contributed by atoms with E-state index in [1.807, 2.05) is 36.4 Å². The minimum Gasteiger partial charge on any atom is -0.353 e. The number of benzene rings is 2. The monoisotopic (exact) mass is 366 g/mol. The Labute approximate surface area is 152 Å². The second-order valence-electron chi connectivity index (χ2n) is 5.79. The van der Waals surface area contributed by atoms with Crippen molar-refractivity contribution in [2.75, 3.05) is 5.32 Å². The van der Waals surface area contributed by atoms with E-state index in [4.69, 9.17) is 0 Å². The molecule has 130 valence electrons. The van der Waals surface area contributed by atoms with E-state index in [0.717, 1.165) is 5.56 Å². The van der Waals surface area contributed by atoms with Crippen LogP contribution in [-0.2, 0) is 6.42 Å². The summed E-state index contributed by atoms with van der Waals surface area (Å²) in [5, 5.41) is 8.06. The molecule has 1 N–H and O–H groups in total. The van der Waals surface area contributed by atoms with Gasteiger partial charge in [-0.2, -0.15) is 4.52 Å². The molecule has 0 radical (unpaired) electrons. The Balaban J connectivity index is 1.71. The maximum absolute atomic E-state index is 14.4. The highest BCUT2D eigenvalue weighted by Crippen LogP contribution is 2.27. The highest BCUT2D eigenvalue weighted by atomic mass is 32.1. The molecule has 26 heavy (non-hydrogen) atoms. The summed E-state index contributed by atoms with van der Waals surface area (Å²) in [6.07, 6.45) is 2.04. The van der Waals surface area contributed by atoms with Gasteiger partial charge in [0, 0.05) is 17.8 Å². The van der Waals surface area contributed by atoms with E-state index in [0.29, 0.717) is 22.1 Å². The summed E-state index contributed by atoms with van der Waals surface area (Å²) in [7, 11) is 0. The Kier molecular flexibility index (Phi) is 4.45. The Bertz CT molecular complexity index is 1090. The highest BCUT2D eigenvalue weighted by Gasteiger charge is 2.18. The SMILES string of the molecule is O=c1ccnc2sc(NC(Cc3ccccc3)c3ccccc3F)nn12. The molecule has 2 aromatic heterocycles. The van der Waals surface area contributed by atoms with Gasteiger partial charge in [0.05, 0.1) is 6.04 Å². The number of nitrogens with zero attached hydrogens (tertiary/aromatic N) is 3. The van der Waals surface area contributed by atoms with E-state index in [2.05, 4.69) is 15.4 Å². The number of hydrogen-bond acceptors (Lipinski definition) is 5. The van der Waals surface area contributed by atoms with Crippen molar-refractivity contribution in [3.8, 4) is 0 Å². The van der Waals surface area contributed by atoms with Gasteiger partial charge in [0.2, 0.25) is 10.1 Å². The van der Waals surface area contributed by atoms with Crippen molar-refractivity contribution >= 4 is 21.4 Å². The molecule has 0 saturated carbocycles. The van der Waals surface area contributed by atoms with Crippen LogP contribution in [0.4, 0.5) is 9.52 Å². The molecule has 2 heterocycles. The number of aromatic nitrogens is 3. The van der Waals surface area contributed by atoms with Crippen molar-refractivity contribution in [2.45, 2.75) is 12.5 Å². The van der Waals surface area contributed by atoms with Gasteiger partial charge in [0.25, 0.3) is 5.56 Å². The van der Waals surface area contributed by atoms with Crippen molar-refractivity contribution in [1.82, 2.24) is 14.6 Å². The van der Waals surface area contributed by atoms with E-state index >= 15 is 0 Å². The van der Waals surface area contributed by atoms with Crippen LogP contribution in [-0.4, -0.2) is 14.6 Å².